The van der Waals surface area contributed by atoms with E-state index in [1.165, 1.54) is 0 Å². The first-order valence-corrected chi connectivity index (χ1v) is 10.5. The number of ether oxygens (including phenoxy) is 1. The Morgan fingerprint density at radius 3 is 2.77 bits per heavy atom. The zero-order valence-electron chi connectivity index (χ0n) is 15.7. The summed E-state index contributed by atoms with van der Waals surface area (Å²) in [5.74, 6) is 1.91. The molecule has 0 aromatic heterocycles. The highest BCUT2D eigenvalue weighted by Gasteiger charge is 2.59. The van der Waals surface area contributed by atoms with Gasteiger partial charge in [0.2, 0.25) is 0 Å². The van der Waals surface area contributed by atoms with Crippen LogP contribution in [-0.2, 0) is 15.5 Å². The Morgan fingerprint density at radius 1 is 1.35 bits per heavy atom. The van der Waals surface area contributed by atoms with Crippen molar-refractivity contribution < 1.29 is 8.95 Å². The van der Waals surface area contributed by atoms with Gasteiger partial charge < -0.3 is 15.4 Å². The lowest BCUT2D eigenvalue weighted by Crippen LogP contribution is -2.68. The third kappa shape index (κ3) is 4.59. The van der Waals surface area contributed by atoms with Crippen molar-refractivity contribution in [1.29, 1.82) is 0 Å². The number of rotatable bonds is 6. The molecule has 1 aromatic rings. The quantitative estimate of drug-likeness (QED) is 0.365. The second kappa shape index (κ2) is 9.50. The van der Waals surface area contributed by atoms with Crippen LogP contribution >= 0.6 is 24.0 Å². The van der Waals surface area contributed by atoms with Gasteiger partial charge in [0.05, 0.1) is 23.4 Å². The Bertz CT molecular complexity index is 639. The molecule has 5 nitrogen and oxygen atoms in total. The van der Waals surface area contributed by atoms with Crippen LogP contribution in [0.3, 0.4) is 0 Å². The highest BCUT2D eigenvalue weighted by molar-refractivity contribution is 14.0. The first-order valence-electron chi connectivity index (χ1n) is 9.14. The molecule has 2 fully saturated rings. The molecule has 1 heterocycles. The number of guanidine groups is 1. The van der Waals surface area contributed by atoms with E-state index in [4.69, 9.17) is 4.74 Å². The molecule has 0 amide bonds. The summed E-state index contributed by atoms with van der Waals surface area (Å²) in [6.07, 6.45) is 1.47. The molecule has 146 valence electrons. The molecular weight excluding hydrogens is 461 g/mol. The van der Waals surface area contributed by atoms with Crippen LogP contribution < -0.4 is 10.6 Å². The average Bonchev–Trinajstić information content (AvgIpc) is 3.07. The topological polar surface area (TPSA) is 62.7 Å². The molecule has 4 atom stereocenters. The third-order valence-corrected chi connectivity index (χ3v) is 6.64. The number of nitrogens with one attached hydrogen (secondary N) is 2. The van der Waals surface area contributed by atoms with Gasteiger partial charge in [0.25, 0.3) is 0 Å². The van der Waals surface area contributed by atoms with E-state index < -0.39 is 10.8 Å². The lowest BCUT2D eigenvalue weighted by molar-refractivity contribution is -0.106. The van der Waals surface area contributed by atoms with Crippen molar-refractivity contribution in [2.24, 2.45) is 16.3 Å². The van der Waals surface area contributed by atoms with Gasteiger partial charge in [0.15, 0.2) is 5.96 Å². The molecule has 26 heavy (non-hydrogen) atoms. The lowest BCUT2D eigenvalue weighted by atomic mass is 9.57. The normalized spacial score (nSPS) is 27.7. The van der Waals surface area contributed by atoms with Crippen LogP contribution in [0.5, 0.6) is 0 Å². The summed E-state index contributed by atoms with van der Waals surface area (Å²) in [7, 11) is -1.01. The Morgan fingerprint density at radius 2 is 2.08 bits per heavy atom. The van der Waals surface area contributed by atoms with Crippen LogP contribution in [0.25, 0.3) is 0 Å². The van der Waals surface area contributed by atoms with Crippen LogP contribution in [0.1, 0.15) is 27.2 Å². The van der Waals surface area contributed by atoms with E-state index in [0.717, 1.165) is 30.4 Å². The Hall–Kier alpha value is -0.670. The second-order valence-corrected chi connectivity index (χ2v) is 8.88. The van der Waals surface area contributed by atoms with Gasteiger partial charge in [-0.15, -0.1) is 24.0 Å². The third-order valence-electron chi connectivity index (χ3n) is 5.29. The van der Waals surface area contributed by atoms with E-state index in [9.17, 15) is 4.21 Å². The summed E-state index contributed by atoms with van der Waals surface area (Å²) in [4.78, 5) is 5.50. The molecule has 0 spiro atoms. The number of nitrogens with zero attached hydrogens (tertiary/aromatic N) is 1. The van der Waals surface area contributed by atoms with E-state index in [2.05, 4.69) is 36.4 Å². The zero-order chi connectivity index (χ0) is 17.9. The van der Waals surface area contributed by atoms with Crippen LogP contribution in [0, 0.1) is 11.3 Å². The largest absolute Gasteiger partial charge is 0.377 e. The summed E-state index contributed by atoms with van der Waals surface area (Å²) >= 11 is 0. The number of halogens is 1. The molecule has 7 heteroatoms. The van der Waals surface area contributed by atoms with Gasteiger partial charge in [-0.2, -0.15) is 0 Å². The minimum absolute atomic E-state index is 0. The number of benzene rings is 1. The van der Waals surface area contributed by atoms with E-state index in [-0.39, 0.29) is 29.4 Å². The van der Waals surface area contributed by atoms with Gasteiger partial charge >= 0.3 is 0 Å². The fourth-order valence-corrected chi connectivity index (χ4v) is 4.97. The highest BCUT2D eigenvalue weighted by atomic mass is 127. The molecular formula is C19H30IN3O2S. The molecule has 1 saturated carbocycles. The molecule has 1 aliphatic heterocycles. The monoisotopic (exact) mass is 491 g/mol. The summed E-state index contributed by atoms with van der Waals surface area (Å²) < 4.78 is 18.2. The molecule has 0 bridgehead atoms. The summed E-state index contributed by atoms with van der Waals surface area (Å²) in [6.45, 7) is 8.78. The van der Waals surface area contributed by atoms with Crippen molar-refractivity contribution in [3.8, 4) is 0 Å². The maximum absolute atomic E-state index is 12.3. The fraction of sp³-hybridized carbons (Fsp3) is 0.632. The van der Waals surface area contributed by atoms with Crippen LogP contribution in [0.2, 0.25) is 0 Å². The maximum Gasteiger partial charge on any atom is 0.191 e. The predicted octanol–water partition coefficient (Wildman–Crippen LogP) is 2.78. The van der Waals surface area contributed by atoms with Crippen molar-refractivity contribution in [3.05, 3.63) is 30.3 Å². The van der Waals surface area contributed by atoms with Gasteiger partial charge in [-0.3, -0.25) is 9.20 Å². The predicted molar refractivity (Wildman–Crippen MR) is 118 cm³/mol. The molecule has 1 aliphatic carbocycles. The summed E-state index contributed by atoms with van der Waals surface area (Å²) in [5.41, 5.74) is 0.115. The Balaban J connectivity index is 0.00000243. The molecule has 2 N–H and O–H groups in total. The first kappa shape index (κ1) is 21.6. The highest BCUT2D eigenvalue weighted by Crippen LogP contribution is 2.52. The minimum atomic E-state index is -1.01. The smallest absolute Gasteiger partial charge is 0.191 e. The standard InChI is InChI=1S/C19H29N3O2S.HI/c1-4-20-18(21-11-13-25(23)14-8-6-5-7-9-14)22-16-15-10-12-24-17(15)19(16,2)3;/h5-9,15-17H,4,10-13H2,1-3H3,(H2,20,21,22);1H. The van der Waals surface area contributed by atoms with E-state index >= 15 is 0 Å². The van der Waals surface area contributed by atoms with E-state index in [1.54, 1.807) is 0 Å². The number of aliphatic imine (C=N–C) groups is 1. The van der Waals surface area contributed by atoms with Crippen molar-refractivity contribution >= 4 is 40.7 Å². The van der Waals surface area contributed by atoms with Crippen molar-refractivity contribution in [3.63, 3.8) is 0 Å². The molecule has 3 rings (SSSR count). The van der Waals surface area contributed by atoms with Crippen molar-refractivity contribution in [1.82, 2.24) is 10.6 Å². The fourth-order valence-electron chi connectivity index (χ4n) is 4.02. The number of fused-ring (bicyclic) bond motifs is 1. The molecule has 0 radical (unpaired) electrons. The van der Waals surface area contributed by atoms with Gasteiger partial charge in [-0.25, -0.2) is 0 Å². The molecule has 2 aliphatic rings. The van der Waals surface area contributed by atoms with Gasteiger partial charge in [0.1, 0.15) is 0 Å². The molecule has 1 aromatic carbocycles. The van der Waals surface area contributed by atoms with Crippen LogP contribution in [0.4, 0.5) is 0 Å². The Labute approximate surface area is 176 Å². The van der Waals surface area contributed by atoms with Crippen LogP contribution in [0.15, 0.2) is 40.2 Å². The van der Waals surface area contributed by atoms with Crippen molar-refractivity contribution in [2.75, 3.05) is 25.4 Å². The SMILES string of the molecule is CCNC(=NCCS(=O)c1ccccc1)NC1C2CCOC2C1(C)C.I. The van der Waals surface area contributed by atoms with E-state index in [1.807, 2.05) is 30.3 Å². The van der Waals surface area contributed by atoms with Crippen LogP contribution in [-0.4, -0.2) is 47.8 Å². The van der Waals surface area contributed by atoms with E-state index in [0.29, 0.717) is 30.4 Å². The van der Waals surface area contributed by atoms with Crippen molar-refractivity contribution in [2.45, 2.75) is 44.2 Å². The van der Waals surface area contributed by atoms with Gasteiger partial charge in [0, 0.05) is 41.2 Å². The second-order valence-electron chi connectivity index (χ2n) is 7.31. The summed E-state index contributed by atoms with van der Waals surface area (Å²) in [5, 5.41) is 6.90. The molecule has 1 saturated heterocycles. The van der Waals surface area contributed by atoms with Gasteiger partial charge in [-0.05, 0) is 25.5 Å². The average molecular weight is 491 g/mol. The maximum atomic E-state index is 12.3. The minimum Gasteiger partial charge on any atom is -0.377 e. The number of hydrogen-bond donors (Lipinski definition) is 2. The zero-order valence-corrected chi connectivity index (χ0v) is 18.9. The Kier molecular flexibility index (Phi) is 7.90. The molecule has 4 unspecified atom stereocenters. The van der Waals surface area contributed by atoms with Gasteiger partial charge in [-0.1, -0.05) is 32.0 Å². The number of hydrogen-bond acceptors (Lipinski definition) is 3. The lowest BCUT2D eigenvalue weighted by Gasteiger charge is -2.54. The summed E-state index contributed by atoms with van der Waals surface area (Å²) in [6, 6.07) is 9.95. The first-order chi connectivity index (χ1) is 12.0.